The summed E-state index contributed by atoms with van der Waals surface area (Å²) in [5.41, 5.74) is 0. The van der Waals surface area contributed by atoms with Crippen molar-refractivity contribution in [3.05, 3.63) is 30.1 Å². The van der Waals surface area contributed by atoms with Gasteiger partial charge in [-0.15, -0.1) is 0 Å². The van der Waals surface area contributed by atoms with Gasteiger partial charge in [0.2, 0.25) is 0 Å². The molecule has 3 unspecified atom stereocenters. The van der Waals surface area contributed by atoms with Crippen LogP contribution in [0.25, 0.3) is 0 Å². The van der Waals surface area contributed by atoms with Gasteiger partial charge >= 0.3 is 0 Å². The highest BCUT2D eigenvalue weighted by Crippen LogP contribution is 2.30. The molecule has 1 fully saturated rings. The van der Waals surface area contributed by atoms with Crippen molar-refractivity contribution in [3.63, 3.8) is 0 Å². The van der Waals surface area contributed by atoms with Crippen molar-refractivity contribution >= 4 is 20.6 Å². The highest BCUT2D eigenvalue weighted by molar-refractivity contribution is 7.91. The molecule has 0 amide bonds. The average molecular weight is 304 g/mol. The van der Waals surface area contributed by atoms with Crippen LogP contribution in [0.2, 0.25) is 0 Å². The number of rotatable bonds is 3. The minimum absolute atomic E-state index is 0.182. The summed E-state index contributed by atoms with van der Waals surface area (Å²) in [5, 5.41) is -0.715. The fourth-order valence-corrected chi connectivity index (χ4v) is 5.39. The van der Waals surface area contributed by atoms with E-state index in [1.165, 1.54) is 18.4 Å². The third-order valence-corrected chi connectivity index (χ3v) is 6.98. The molecule has 1 aromatic rings. The molecule has 0 aromatic heterocycles. The van der Waals surface area contributed by atoms with Gasteiger partial charge in [0.1, 0.15) is 15.7 Å². The third-order valence-electron chi connectivity index (χ3n) is 3.54. The molecule has 19 heavy (non-hydrogen) atoms. The summed E-state index contributed by atoms with van der Waals surface area (Å²) in [7, 11) is -4.59. The molecular formula is C13H17FO3S2. The van der Waals surface area contributed by atoms with E-state index in [0.717, 1.165) is 6.42 Å². The number of hydrogen-bond acceptors (Lipinski definition) is 3. The normalized spacial score (nSPS) is 26.0. The van der Waals surface area contributed by atoms with Gasteiger partial charge < -0.3 is 0 Å². The summed E-state index contributed by atoms with van der Waals surface area (Å²) >= 11 is 0. The van der Waals surface area contributed by atoms with Crippen LogP contribution in [0.4, 0.5) is 4.39 Å². The molecule has 3 atom stereocenters. The fraction of sp³-hybridized carbons (Fsp3) is 0.538. The molecule has 1 saturated carbocycles. The van der Waals surface area contributed by atoms with Gasteiger partial charge in [-0.3, -0.25) is 4.21 Å². The Labute approximate surface area is 115 Å². The first-order valence-corrected chi connectivity index (χ1v) is 9.40. The Balaban J connectivity index is 2.19. The molecule has 0 N–H and O–H groups in total. The van der Waals surface area contributed by atoms with E-state index in [2.05, 4.69) is 0 Å². The molecule has 106 valence electrons. The van der Waals surface area contributed by atoms with Gasteiger partial charge in [-0.05, 0) is 31.4 Å². The molecule has 2 rings (SSSR count). The first kappa shape index (κ1) is 14.7. The maximum atomic E-state index is 13.6. The van der Waals surface area contributed by atoms with Crippen molar-refractivity contribution in [2.75, 3.05) is 6.26 Å². The van der Waals surface area contributed by atoms with E-state index in [1.54, 1.807) is 12.1 Å². The summed E-state index contributed by atoms with van der Waals surface area (Å²) in [6.07, 6.45) is 3.60. The third kappa shape index (κ3) is 3.42. The standard InChI is InChI=1S/C13H17FO3S2/c1-19(16,17)11-6-4-5-10(9-11)18(15)13-8-3-2-7-12(13)14/h2-3,7-8,10-11H,4-6,9H2,1H3. The molecule has 1 aliphatic rings. The SMILES string of the molecule is CS(=O)(=O)C1CCCC(S(=O)c2ccccc2F)C1. The van der Waals surface area contributed by atoms with Gasteiger partial charge in [0.05, 0.1) is 20.9 Å². The predicted octanol–water partition coefficient (Wildman–Crippen LogP) is 2.29. The number of halogens is 1. The first-order chi connectivity index (χ1) is 8.89. The van der Waals surface area contributed by atoms with E-state index in [4.69, 9.17) is 0 Å². The molecule has 1 aromatic carbocycles. The van der Waals surface area contributed by atoms with Gasteiger partial charge in [-0.2, -0.15) is 0 Å². The molecule has 0 spiro atoms. The summed E-state index contributed by atoms with van der Waals surface area (Å²) in [6, 6.07) is 5.99. The molecule has 6 heteroatoms. The lowest BCUT2D eigenvalue weighted by atomic mass is 10.00. The highest BCUT2D eigenvalue weighted by Gasteiger charge is 2.32. The zero-order valence-electron chi connectivity index (χ0n) is 10.7. The molecule has 0 saturated heterocycles. The van der Waals surface area contributed by atoms with Crippen molar-refractivity contribution in [2.45, 2.75) is 41.1 Å². The zero-order chi connectivity index (χ0) is 14.0. The number of benzene rings is 1. The minimum Gasteiger partial charge on any atom is -0.254 e. The van der Waals surface area contributed by atoms with E-state index in [1.807, 2.05) is 0 Å². The van der Waals surface area contributed by atoms with Gasteiger partial charge in [-0.25, -0.2) is 12.8 Å². The van der Waals surface area contributed by atoms with Crippen LogP contribution in [0.3, 0.4) is 0 Å². The van der Waals surface area contributed by atoms with Crippen LogP contribution >= 0.6 is 0 Å². The van der Waals surface area contributed by atoms with Crippen molar-refractivity contribution in [1.29, 1.82) is 0 Å². The lowest BCUT2D eigenvalue weighted by Gasteiger charge is -2.27. The summed E-state index contributed by atoms with van der Waals surface area (Å²) < 4.78 is 49.2. The van der Waals surface area contributed by atoms with Crippen molar-refractivity contribution in [3.8, 4) is 0 Å². The average Bonchev–Trinajstić information content (AvgIpc) is 2.38. The summed E-state index contributed by atoms with van der Waals surface area (Å²) in [5.74, 6) is -0.484. The lowest BCUT2D eigenvalue weighted by molar-refractivity contribution is 0.486. The first-order valence-electron chi connectivity index (χ1n) is 6.23. The second kappa shape index (κ2) is 5.71. The van der Waals surface area contributed by atoms with Crippen LogP contribution in [-0.2, 0) is 20.6 Å². The largest absolute Gasteiger partial charge is 0.254 e. The Morgan fingerprint density at radius 2 is 1.95 bits per heavy atom. The van der Waals surface area contributed by atoms with Crippen molar-refractivity contribution in [1.82, 2.24) is 0 Å². The van der Waals surface area contributed by atoms with Crippen molar-refractivity contribution < 1.29 is 17.0 Å². The Morgan fingerprint density at radius 1 is 1.26 bits per heavy atom. The predicted molar refractivity (Wildman–Crippen MR) is 73.7 cm³/mol. The van der Waals surface area contributed by atoms with E-state index in [-0.39, 0.29) is 10.1 Å². The molecule has 0 bridgehead atoms. The topological polar surface area (TPSA) is 51.2 Å². The fourth-order valence-electron chi connectivity index (χ4n) is 2.47. The van der Waals surface area contributed by atoms with Crippen LogP contribution in [-0.4, -0.2) is 29.4 Å². The van der Waals surface area contributed by atoms with Gasteiger partial charge in [0, 0.05) is 11.5 Å². The summed E-state index contributed by atoms with van der Waals surface area (Å²) in [6.45, 7) is 0. The zero-order valence-corrected chi connectivity index (χ0v) is 12.3. The second-order valence-corrected chi connectivity index (χ2v) is 9.00. The van der Waals surface area contributed by atoms with E-state index in [0.29, 0.717) is 19.3 Å². The maximum Gasteiger partial charge on any atom is 0.150 e. The van der Waals surface area contributed by atoms with Crippen LogP contribution in [0.5, 0.6) is 0 Å². The van der Waals surface area contributed by atoms with Crippen molar-refractivity contribution in [2.24, 2.45) is 0 Å². The Bertz CT molecular complexity index is 583. The van der Waals surface area contributed by atoms with Crippen LogP contribution in [0.15, 0.2) is 29.2 Å². The van der Waals surface area contributed by atoms with Gasteiger partial charge in [0.25, 0.3) is 0 Å². The Kier molecular flexibility index (Phi) is 4.40. The molecule has 1 aliphatic carbocycles. The van der Waals surface area contributed by atoms with Gasteiger partial charge in [-0.1, -0.05) is 18.6 Å². The second-order valence-electron chi connectivity index (χ2n) is 4.97. The maximum absolute atomic E-state index is 13.6. The van der Waals surface area contributed by atoms with Gasteiger partial charge in [0.15, 0.2) is 0 Å². The molecular weight excluding hydrogens is 287 g/mol. The van der Waals surface area contributed by atoms with E-state index in [9.17, 15) is 17.0 Å². The Morgan fingerprint density at radius 3 is 2.58 bits per heavy atom. The summed E-state index contributed by atoms with van der Waals surface area (Å²) in [4.78, 5) is 0.182. The molecule has 3 nitrogen and oxygen atoms in total. The van der Waals surface area contributed by atoms with Crippen LogP contribution < -0.4 is 0 Å². The number of sulfone groups is 1. The minimum atomic E-state index is -3.11. The quantitative estimate of drug-likeness (QED) is 0.861. The van der Waals surface area contributed by atoms with Crippen LogP contribution in [0.1, 0.15) is 25.7 Å². The monoisotopic (exact) mass is 304 g/mol. The highest BCUT2D eigenvalue weighted by atomic mass is 32.2. The molecule has 0 heterocycles. The molecule has 0 aliphatic heterocycles. The van der Waals surface area contributed by atoms with E-state index >= 15 is 0 Å². The smallest absolute Gasteiger partial charge is 0.150 e. The lowest BCUT2D eigenvalue weighted by Crippen LogP contribution is -2.32. The number of hydrogen-bond donors (Lipinski definition) is 0. The Hall–Kier alpha value is -0.750. The van der Waals surface area contributed by atoms with Crippen LogP contribution in [0, 0.1) is 5.82 Å². The molecule has 0 radical (unpaired) electrons. The van der Waals surface area contributed by atoms with E-state index < -0.39 is 31.7 Å².